The summed E-state index contributed by atoms with van der Waals surface area (Å²) in [6, 6.07) is 0. The monoisotopic (exact) mass is 221 g/mol. The fourth-order valence-corrected chi connectivity index (χ4v) is 1.04. The predicted octanol–water partition coefficient (Wildman–Crippen LogP) is 0.815. The lowest BCUT2D eigenvalue weighted by Gasteiger charge is -2.15. The number of nitrogens with one attached hydrogen (secondary N) is 1. The van der Waals surface area contributed by atoms with E-state index in [2.05, 4.69) is 5.32 Å². The molecule has 0 fully saturated rings. The van der Waals surface area contributed by atoms with E-state index in [1.807, 2.05) is 6.92 Å². The van der Waals surface area contributed by atoms with Gasteiger partial charge in [-0.25, -0.2) is 4.79 Å². The van der Waals surface area contributed by atoms with Gasteiger partial charge in [-0.05, 0) is 5.92 Å². The number of carboxylic acid groups (broad SMARTS) is 1. The Morgan fingerprint density at radius 3 is 2.82 bits per heavy atom. The minimum absolute atomic E-state index is 0. The summed E-state index contributed by atoms with van der Waals surface area (Å²) in [7, 11) is 0. The summed E-state index contributed by atoms with van der Waals surface area (Å²) < 4.78 is 0. The number of rotatable bonds is 1. The largest absolute Gasteiger partial charge is 0.478 e. The van der Waals surface area contributed by atoms with Crippen molar-refractivity contribution in [2.45, 2.75) is 6.92 Å². The number of aliphatic carboxylic acids is 1. The Morgan fingerprint density at radius 1 is 1.82 bits per heavy atom. The van der Waals surface area contributed by atoms with Gasteiger partial charge in [0.1, 0.15) is 0 Å². The fraction of sp³-hybridized carbons (Fsp3) is 0.571. The molecule has 0 amide bonds. The summed E-state index contributed by atoms with van der Waals surface area (Å²) in [5, 5.41) is 11.6. The van der Waals surface area contributed by atoms with E-state index in [1.54, 1.807) is 6.08 Å². The maximum atomic E-state index is 10.4. The molecule has 1 aliphatic heterocycles. The second-order valence-electron chi connectivity index (χ2n) is 2.61. The molecule has 0 bridgehead atoms. The topological polar surface area (TPSA) is 49.3 Å². The van der Waals surface area contributed by atoms with Crippen molar-refractivity contribution in [3.63, 3.8) is 0 Å². The Balaban J connectivity index is 0.000001000. The average Bonchev–Trinajstić information content (AvgIpc) is 1.88. The van der Waals surface area contributed by atoms with Gasteiger partial charge in [0.15, 0.2) is 0 Å². The van der Waals surface area contributed by atoms with Crippen LogP contribution in [-0.4, -0.2) is 24.2 Å². The molecule has 0 aliphatic carbocycles. The van der Waals surface area contributed by atoms with E-state index < -0.39 is 5.97 Å². The van der Waals surface area contributed by atoms with Crippen LogP contribution in [0.15, 0.2) is 11.6 Å². The van der Waals surface area contributed by atoms with Gasteiger partial charge in [0.2, 0.25) is 0 Å². The van der Waals surface area contributed by atoms with Crippen molar-refractivity contribution in [2.75, 3.05) is 13.1 Å². The van der Waals surface area contributed by atoms with Gasteiger partial charge < -0.3 is 10.4 Å². The van der Waals surface area contributed by atoms with Gasteiger partial charge >= 0.3 is 5.97 Å². The molecule has 1 aliphatic rings. The van der Waals surface area contributed by atoms with Crippen LogP contribution in [0.3, 0.4) is 0 Å². The first-order valence-corrected chi connectivity index (χ1v) is 3.35. The van der Waals surface area contributed by atoms with E-state index in [0.717, 1.165) is 6.54 Å². The zero-order chi connectivity index (χ0) is 7.56. The molecule has 1 atom stereocenters. The van der Waals surface area contributed by atoms with Gasteiger partial charge in [-0.15, -0.1) is 17.0 Å². The summed E-state index contributed by atoms with van der Waals surface area (Å²) in [5.74, 6) is -0.459. The van der Waals surface area contributed by atoms with Crippen molar-refractivity contribution in [1.82, 2.24) is 5.32 Å². The van der Waals surface area contributed by atoms with E-state index in [9.17, 15) is 4.79 Å². The van der Waals surface area contributed by atoms with Crippen LogP contribution in [0.1, 0.15) is 6.92 Å². The summed E-state index contributed by atoms with van der Waals surface area (Å²) in [4.78, 5) is 10.4. The zero-order valence-corrected chi connectivity index (χ0v) is 8.05. The Bertz CT molecular complexity index is 179. The van der Waals surface area contributed by atoms with Crippen LogP contribution in [0.5, 0.6) is 0 Å². The van der Waals surface area contributed by atoms with Crippen LogP contribution in [0.2, 0.25) is 0 Å². The highest BCUT2D eigenvalue weighted by Gasteiger charge is 2.13. The molecule has 3 nitrogen and oxygen atoms in total. The molecule has 0 saturated carbocycles. The lowest BCUT2D eigenvalue weighted by molar-refractivity contribution is -0.132. The first-order valence-electron chi connectivity index (χ1n) is 3.35. The van der Waals surface area contributed by atoms with Gasteiger partial charge in [-0.1, -0.05) is 13.0 Å². The molecule has 0 saturated heterocycles. The summed E-state index contributed by atoms with van der Waals surface area (Å²) >= 11 is 0. The third-order valence-electron chi connectivity index (χ3n) is 1.54. The Hall–Kier alpha value is -0.350. The van der Waals surface area contributed by atoms with E-state index in [4.69, 9.17) is 5.11 Å². The first-order chi connectivity index (χ1) is 4.70. The Morgan fingerprint density at radius 2 is 2.45 bits per heavy atom. The Kier molecular flexibility index (Phi) is 4.37. The summed E-state index contributed by atoms with van der Waals surface area (Å²) in [6.45, 7) is 3.38. The SMILES string of the molecule is Br.C[C@H]1C=C(C(=O)O)CNC1. The minimum Gasteiger partial charge on any atom is -0.478 e. The maximum absolute atomic E-state index is 10.4. The van der Waals surface area contributed by atoms with Crippen LogP contribution < -0.4 is 5.32 Å². The summed E-state index contributed by atoms with van der Waals surface area (Å²) in [6.07, 6.45) is 1.80. The molecule has 0 spiro atoms. The van der Waals surface area contributed by atoms with Crippen LogP contribution in [0.4, 0.5) is 0 Å². The van der Waals surface area contributed by atoms with E-state index in [-0.39, 0.29) is 17.0 Å². The standard InChI is InChI=1S/C7H11NO2.BrH/c1-5-2-6(7(9)10)4-8-3-5;/h2,5,8H,3-4H2,1H3,(H,9,10);1H/t5-;/m0./s1. The van der Waals surface area contributed by atoms with Gasteiger partial charge in [-0.3, -0.25) is 0 Å². The van der Waals surface area contributed by atoms with E-state index >= 15 is 0 Å². The molecule has 0 unspecified atom stereocenters. The number of halogens is 1. The third-order valence-corrected chi connectivity index (χ3v) is 1.54. The molecular weight excluding hydrogens is 210 g/mol. The predicted molar refractivity (Wildman–Crippen MR) is 48.1 cm³/mol. The maximum Gasteiger partial charge on any atom is 0.332 e. The number of hydrogen-bond donors (Lipinski definition) is 2. The highest BCUT2D eigenvalue weighted by atomic mass is 79.9. The minimum atomic E-state index is -0.806. The third kappa shape index (κ3) is 3.03. The van der Waals surface area contributed by atoms with E-state index in [1.165, 1.54) is 0 Å². The fourth-order valence-electron chi connectivity index (χ4n) is 1.04. The smallest absolute Gasteiger partial charge is 0.332 e. The molecule has 0 aromatic carbocycles. The highest BCUT2D eigenvalue weighted by Crippen LogP contribution is 2.06. The first kappa shape index (κ1) is 10.7. The zero-order valence-electron chi connectivity index (χ0n) is 6.33. The average molecular weight is 222 g/mol. The molecule has 2 N–H and O–H groups in total. The molecule has 1 rings (SSSR count). The van der Waals surface area contributed by atoms with Crippen LogP contribution in [-0.2, 0) is 4.79 Å². The van der Waals surface area contributed by atoms with Gasteiger partial charge in [0.05, 0.1) is 0 Å². The quantitative estimate of drug-likeness (QED) is 0.690. The van der Waals surface area contributed by atoms with Gasteiger partial charge in [-0.2, -0.15) is 0 Å². The van der Waals surface area contributed by atoms with Crippen LogP contribution in [0, 0.1) is 5.92 Å². The van der Waals surface area contributed by atoms with Crippen molar-refractivity contribution in [3.8, 4) is 0 Å². The van der Waals surface area contributed by atoms with Crippen molar-refractivity contribution < 1.29 is 9.90 Å². The molecular formula is C7H12BrNO2. The van der Waals surface area contributed by atoms with Crippen LogP contribution >= 0.6 is 17.0 Å². The molecule has 64 valence electrons. The molecule has 4 heteroatoms. The van der Waals surface area contributed by atoms with Crippen molar-refractivity contribution in [2.24, 2.45) is 5.92 Å². The second kappa shape index (κ2) is 4.51. The second-order valence-corrected chi connectivity index (χ2v) is 2.61. The van der Waals surface area contributed by atoms with E-state index in [0.29, 0.717) is 18.0 Å². The molecule has 11 heavy (non-hydrogen) atoms. The molecule has 0 aromatic heterocycles. The number of carboxylic acids is 1. The Labute approximate surface area is 76.3 Å². The molecule has 0 radical (unpaired) electrons. The highest BCUT2D eigenvalue weighted by molar-refractivity contribution is 8.93. The normalized spacial score (nSPS) is 23.4. The van der Waals surface area contributed by atoms with Crippen molar-refractivity contribution in [3.05, 3.63) is 11.6 Å². The lowest BCUT2D eigenvalue weighted by atomic mass is 10.0. The number of hydrogen-bond acceptors (Lipinski definition) is 2. The van der Waals surface area contributed by atoms with Gasteiger partial charge in [0, 0.05) is 18.7 Å². The number of carbonyl (C=O) groups is 1. The van der Waals surface area contributed by atoms with Crippen molar-refractivity contribution >= 4 is 23.0 Å². The molecule has 0 aromatic rings. The van der Waals surface area contributed by atoms with Crippen LogP contribution in [0.25, 0.3) is 0 Å². The lowest BCUT2D eigenvalue weighted by Crippen LogP contribution is -2.30. The summed E-state index contributed by atoms with van der Waals surface area (Å²) in [5.41, 5.74) is 0.485. The van der Waals surface area contributed by atoms with Gasteiger partial charge in [0.25, 0.3) is 0 Å². The van der Waals surface area contributed by atoms with Crippen molar-refractivity contribution in [1.29, 1.82) is 0 Å². The molecule has 1 heterocycles.